The number of aliphatic carboxylic acids is 1. The van der Waals surface area contributed by atoms with Crippen molar-refractivity contribution in [2.75, 3.05) is 20.1 Å². The number of piperidine rings is 1. The van der Waals surface area contributed by atoms with Crippen LogP contribution < -0.4 is 10.6 Å². The van der Waals surface area contributed by atoms with Gasteiger partial charge in [-0.1, -0.05) is 12.8 Å². The van der Waals surface area contributed by atoms with Crippen LogP contribution in [-0.4, -0.2) is 54.1 Å². The molecule has 2 rings (SSSR count). The largest absolute Gasteiger partial charge is 0.481 e. The number of nitrogens with zero attached hydrogens (tertiary/aromatic N) is 1. The Hall–Kier alpha value is -1.79. The number of likely N-dealkylation sites (N-methyl/N-ethyl adjacent to an activating group) is 1. The summed E-state index contributed by atoms with van der Waals surface area (Å²) < 4.78 is 0. The third-order valence-corrected chi connectivity index (χ3v) is 4.56. The van der Waals surface area contributed by atoms with E-state index >= 15 is 0 Å². The first-order valence-corrected chi connectivity index (χ1v) is 7.45. The van der Waals surface area contributed by atoms with Crippen LogP contribution >= 0.6 is 0 Å². The third kappa shape index (κ3) is 3.65. The van der Waals surface area contributed by atoms with Crippen molar-refractivity contribution in [1.29, 1.82) is 0 Å². The Labute approximate surface area is 124 Å². The van der Waals surface area contributed by atoms with Gasteiger partial charge in [0, 0.05) is 32.6 Å². The maximum atomic E-state index is 11.9. The van der Waals surface area contributed by atoms with Crippen molar-refractivity contribution in [2.45, 2.75) is 44.6 Å². The van der Waals surface area contributed by atoms with Crippen LogP contribution in [-0.2, 0) is 9.59 Å². The molecule has 7 heteroatoms. The van der Waals surface area contributed by atoms with Crippen LogP contribution in [0.4, 0.5) is 4.79 Å². The lowest BCUT2D eigenvalue weighted by Gasteiger charge is -2.30. The van der Waals surface area contributed by atoms with Gasteiger partial charge in [-0.2, -0.15) is 0 Å². The van der Waals surface area contributed by atoms with Crippen LogP contribution in [0.3, 0.4) is 0 Å². The number of carboxylic acid groups (broad SMARTS) is 1. The number of hydrogen-bond acceptors (Lipinski definition) is 3. The fourth-order valence-electron chi connectivity index (χ4n) is 3.13. The molecule has 7 nitrogen and oxygen atoms in total. The van der Waals surface area contributed by atoms with Crippen LogP contribution in [0.25, 0.3) is 0 Å². The molecule has 0 spiro atoms. The SMILES string of the molecule is CN1CC(NC(=O)NCC2(C(=O)O)CCCC2)CCC1=O. The molecule has 0 aromatic heterocycles. The third-order valence-electron chi connectivity index (χ3n) is 4.56. The van der Waals surface area contributed by atoms with Crippen LogP contribution in [0.15, 0.2) is 0 Å². The Morgan fingerprint density at radius 3 is 2.62 bits per heavy atom. The number of amides is 3. The summed E-state index contributed by atoms with van der Waals surface area (Å²) in [6.07, 6.45) is 4.07. The monoisotopic (exact) mass is 297 g/mol. The van der Waals surface area contributed by atoms with Crippen molar-refractivity contribution in [3.63, 3.8) is 0 Å². The molecule has 1 heterocycles. The van der Waals surface area contributed by atoms with Crippen LogP contribution in [0.5, 0.6) is 0 Å². The molecule has 1 unspecified atom stereocenters. The minimum absolute atomic E-state index is 0.0722. The zero-order valence-electron chi connectivity index (χ0n) is 12.4. The number of nitrogens with one attached hydrogen (secondary N) is 2. The Morgan fingerprint density at radius 2 is 2.05 bits per heavy atom. The van der Waals surface area contributed by atoms with Gasteiger partial charge in [-0.05, 0) is 19.3 Å². The molecule has 1 aliphatic heterocycles. The van der Waals surface area contributed by atoms with Crippen LogP contribution in [0.2, 0.25) is 0 Å². The van der Waals surface area contributed by atoms with E-state index in [0.29, 0.717) is 32.2 Å². The number of carbonyl (C=O) groups is 3. The minimum Gasteiger partial charge on any atom is -0.481 e. The lowest BCUT2D eigenvalue weighted by atomic mass is 9.86. The number of carboxylic acids is 1. The second-order valence-corrected chi connectivity index (χ2v) is 6.13. The summed E-state index contributed by atoms with van der Waals surface area (Å²) in [4.78, 5) is 36.3. The highest BCUT2D eigenvalue weighted by Crippen LogP contribution is 2.37. The Balaban J connectivity index is 1.79. The van der Waals surface area contributed by atoms with E-state index in [-0.39, 0.29) is 24.5 Å². The minimum atomic E-state index is -0.830. The molecule has 1 saturated heterocycles. The average molecular weight is 297 g/mol. The first kappa shape index (κ1) is 15.6. The second-order valence-electron chi connectivity index (χ2n) is 6.13. The van der Waals surface area contributed by atoms with Crippen molar-refractivity contribution >= 4 is 17.9 Å². The molecular weight excluding hydrogens is 274 g/mol. The zero-order valence-corrected chi connectivity index (χ0v) is 12.4. The summed E-state index contributed by atoms with van der Waals surface area (Å²) in [5.41, 5.74) is -0.809. The maximum Gasteiger partial charge on any atom is 0.315 e. The van der Waals surface area contributed by atoms with Crippen molar-refractivity contribution in [2.24, 2.45) is 5.41 Å². The summed E-state index contributed by atoms with van der Waals surface area (Å²) in [6.45, 7) is 0.659. The standard InChI is InChI=1S/C14H23N3O4/c1-17-8-10(4-5-11(17)18)16-13(21)15-9-14(12(19)20)6-2-3-7-14/h10H,2-9H2,1H3,(H,19,20)(H2,15,16,21). The molecule has 118 valence electrons. The highest BCUT2D eigenvalue weighted by atomic mass is 16.4. The molecule has 0 radical (unpaired) electrons. The van der Waals surface area contributed by atoms with E-state index in [2.05, 4.69) is 10.6 Å². The molecule has 0 aromatic carbocycles. The summed E-state index contributed by atoms with van der Waals surface area (Å²) in [7, 11) is 1.71. The highest BCUT2D eigenvalue weighted by molar-refractivity contribution is 5.79. The second kappa shape index (κ2) is 6.32. The molecule has 2 fully saturated rings. The van der Waals surface area contributed by atoms with Gasteiger partial charge in [-0.15, -0.1) is 0 Å². The predicted octanol–water partition coefficient (Wildman–Crippen LogP) is 0.551. The number of urea groups is 1. The van der Waals surface area contributed by atoms with Gasteiger partial charge in [0.25, 0.3) is 0 Å². The van der Waals surface area contributed by atoms with Crippen molar-refractivity contribution in [3.8, 4) is 0 Å². The first-order valence-electron chi connectivity index (χ1n) is 7.45. The first-order chi connectivity index (χ1) is 9.93. The molecule has 3 N–H and O–H groups in total. The molecule has 2 aliphatic rings. The summed E-state index contributed by atoms with van der Waals surface area (Å²) in [5, 5.41) is 14.8. The average Bonchev–Trinajstić information content (AvgIpc) is 2.91. The van der Waals surface area contributed by atoms with Gasteiger partial charge in [0.1, 0.15) is 0 Å². The van der Waals surface area contributed by atoms with E-state index in [4.69, 9.17) is 0 Å². The molecule has 3 amide bonds. The molecule has 0 bridgehead atoms. The van der Waals surface area contributed by atoms with Gasteiger partial charge < -0.3 is 20.6 Å². The lowest BCUT2D eigenvalue weighted by molar-refractivity contribution is -0.148. The van der Waals surface area contributed by atoms with Gasteiger partial charge in [-0.3, -0.25) is 9.59 Å². The normalized spacial score (nSPS) is 24.7. The van der Waals surface area contributed by atoms with Gasteiger partial charge in [0.05, 0.1) is 5.41 Å². The Bertz CT molecular complexity index is 432. The summed E-state index contributed by atoms with van der Waals surface area (Å²) >= 11 is 0. The molecule has 21 heavy (non-hydrogen) atoms. The molecule has 1 aliphatic carbocycles. The van der Waals surface area contributed by atoms with E-state index < -0.39 is 11.4 Å². The van der Waals surface area contributed by atoms with Gasteiger partial charge in [0.15, 0.2) is 0 Å². The van der Waals surface area contributed by atoms with Gasteiger partial charge in [-0.25, -0.2) is 4.79 Å². The smallest absolute Gasteiger partial charge is 0.315 e. The molecule has 1 saturated carbocycles. The molecule has 0 aromatic rings. The van der Waals surface area contributed by atoms with E-state index in [1.807, 2.05) is 0 Å². The van der Waals surface area contributed by atoms with Crippen molar-refractivity contribution in [3.05, 3.63) is 0 Å². The van der Waals surface area contributed by atoms with E-state index in [1.165, 1.54) is 0 Å². The lowest BCUT2D eigenvalue weighted by Crippen LogP contribution is -2.52. The number of rotatable bonds is 4. The number of carbonyl (C=O) groups excluding carboxylic acids is 2. The molecular formula is C14H23N3O4. The van der Waals surface area contributed by atoms with Crippen LogP contribution in [0.1, 0.15) is 38.5 Å². The van der Waals surface area contributed by atoms with Gasteiger partial charge >= 0.3 is 12.0 Å². The quantitative estimate of drug-likeness (QED) is 0.705. The fourth-order valence-corrected chi connectivity index (χ4v) is 3.13. The van der Waals surface area contributed by atoms with E-state index in [1.54, 1.807) is 11.9 Å². The fraction of sp³-hybridized carbons (Fsp3) is 0.786. The van der Waals surface area contributed by atoms with E-state index in [9.17, 15) is 19.5 Å². The van der Waals surface area contributed by atoms with Crippen molar-refractivity contribution in [1.82, 2.24) is 15.5 Å². The Morgan fingerprint density at radius 1 is 1.38 bits per heavy atom. The highest BCUT2D eigenvalue weighted by Gasteiger charge is 2.41. The topological polar surface area (TPSA) is 98.7 Å². The predicted molar refractivity (Wildman–Crippen MR) is 75.7 cm³/mol. The summed E-state index contributed by atoms with van der Waals surface area (Å²) in [6, 6.07) is -0.424. The zero-order chi connectivity index (χ0) is 15.5. The number of likely N-dealkylation sites (tertiary alicyclic amines) is 1. The number of hydrogen-bond donors (Lipinski definition) is 3. The Kier molecular flexibility index (Phi) is 4.69. The van der Waals surface area contributed by atoms with E-state index in [0.717, 1.165) is 12.8 Å². The van der Waals surface area contributed by atoms with Crippen molar-refractivity contribution < 1.29 is 19.5 Å². The van der Waals surface area contributed by atoms with Crippen LogP contribution in [0, 0.1) is 5.41 Å². The van der Waals surface area contributed by atoms with Gasteiger partial charge in [0.2, 0.25) is 5.91 Å². The maximum absolute atomic E-state index is 11.9. The molecule has 1 atom stereocenters. The summed E-state index contributed by atoms with van der Waals surface area (Å²) in [5.74, 6) is -0.743.